The summed E-state index contributed by atoms with van der Waals surface area (Å²) in [4.78, 5) is 27.0. The lowest BCUT2D eigenvalue weighted by Crippen LogP contribution is -2.35. The van der Waals surface area contributed by atoms with Crippen LogP contribution in [0.3, 0.4) is 0 Å². The summed E-state index contributed by atoms with van der Waals surface area (Å²) in [7, 11) is -3.17. The van der Waals surface area contributed by atoms with Gasteiger partial charge in [0.1, 0.15) is 4.90 Å². The number of hydrogen-bond acceptors (Lipinski definition) is 8. The zero-order chi connectivity index (χ0) is 17.7. The van der Waals surface area contributed by atoms with Gasteiger partial charge in [-0.15, -0.1) is 5.10 Å². The Hall–Kier alpha value is -2.60. The van der Waals surface area contributed by atoms with Crippen molar-refractivity contribution in [1.82, 2.24) is 19.9 Å². The van der Waals surface area contributed by atoms with Gasteiger partial charge >= 0.3 is 12.0 Å². The molecule has 1 aromatic heterocycles. The topological polar surface area (TPSA) is 143 Å². The molecule has 24 heavy (non-hydrogen) atoms. The molecule has 0 aliphatic rings. The Kier molecular flexibility index (Phi) is 5.41. The van der Waals surface area contributed by atoms with Gasteiger partial charge in [0.2, 0.25) is 0 Å². The van der Waals surface area contributed by atoms with Crippen LogP contribution >= 0.6 is 11.8 Å². The Morgan fingerprint density at radius 1 is 1.29 bits per heavy atom. The Balaban J connectivity index is 2.19. The van der Waals surface area contributed by atoms with Crippen molar-refractivity contribution in [3.05, 3.63) is 29.8 Å². The second-order valence-electron chi connectivity index (χ2n) is 4.22. The lowest BCUT2D eigenvalue weighted by atomic mass is 10.2. The Morgan fingerprint density at radius 2 is 2.00 bits per heavy atom. The van der Waals surface area contributed by atoms with Crippen molar-refractivity contribution >= 4 is 39.7 Å². The third kappa shape index (κ3) is 4.02. The molecule has 128 valence electrons. The van der Waals surface area contributed by atoms with E-state index < -0.39 is 22.0 Å². The highest BCUT2D eigenvalue weighted by atomic mass is 32.2. The summed E-state index contributed by atoms with van der Waals surface area (Å²) in [6.07, 6.45) is 1.75. The molecule has 0 atom stereocenters. The average Bonchev–Trinajstić information content (AvgIpc) is 3.01. The monoisotopic (exact) mass is 371 g/mol. The fourth-order valence-electron chi connectivity index (χ4n) is 1.68. The number of anilines is 1. The van der Waals surface area contributed by atoms with Gasteiger partial charge in [0.15, 0.2) is 5.16 Å². The fourth-order valence-corrected chi connectivity index (χ4v) is 3.10. The first kappa shape index (κ1) is 17.7. The summed E-state index contributed by atoms with van der Waals surface area (Å²) in [5, 5.41) is 8.85. The van der Waals surface area contributed by atoms with E-state index in [0.717, 1.165) is 7.11 Å². The first-order valence-corrected chi connectivity index (χ1v) is 9.05. The van der Waals surface area contributed by atoms with E-state index in [1.807, 2.05) is 0 Å². The number of methoxy groups -OCH3 is 1. The van der Waals surface area contributed by atoms with Gasteiger partial charge in [0.25, 0.3) is 16.0 Å². The Morgan fingerprint density at radius 3 is 2.62 bits per heavy atom. The minimum atomic E-state index is -4.30. The molecule has 0 saturated heterocycles. The van der Waals surface area contributed by atoms with Crippen LogP contribution < -0.4 is 10.0 Å². The van der Waals surface area contributed by atoms with Crippen molar-refractivity contribution in [3.8, 4) is 0 Å². The number of rotatable bonds is 5. The smallest absolute Gasteiger partial charge is 0.339 e. The predicted molar refractivity (Wildman–Crippen MR) is 85.3 cm³/mol. The van der Waals surface area contributed by atoms with E-state index >= 15 is 0 Å². The molecule has 3 N–H and O–H groups in total. The van der Waals surface area contributed by atoms with Crippen molar-refractivity contribution in [3.63, 3.8) is 0 Å². The van der Waals surface area contributed by atoms with Gasteiger partial charge in [-0.1, -0.05) is 23.9 Å². The van der Waals surface area contributed by atoms with E-state index in [0.29, 0.717) is 5.16 Å². The summed E-state index contributed by atoms with van der Waals surface area (Å²) >= 11 is 1.26. The lowest BCUT2D eigenvalue weighted by Gasteiger charge is -2.10. The number of benzene rings is 1. The van der Waals surface area contributed by atoms with Gasteiger partial charge in [0, 0.05) is 0 Å². The van der Waals surface area contributed by atoms with E-state index in [2.05, 4.69) is 25.2 Å². The standard InChI is InChI=1S/C12H13N5O5S2/c1-22-9(18)7-5-3-4-6-8(7)24(20,21)17-11(19)13-10-14-12(23-2)16-15-10/h3-6H,1-2H3,(H3,13,14,15,16,17,19). The van der Waals surface area contributed by atoms with Gasteiger partial charge in [-0.25, -0.2) is 22.7 Å². The van der Waals surface area contributed by atoms with Crippen LogP contribution in [-0.4, -0.2) is 49.0 Å². The number of urea groups is 1. The molecular weight excluding hydrogens is 358 g/mol. The minimum Gasteiger partial charge on any atom is -0.465 e. The quantitative estimate of drug-likeness (QED) is 0.518. The number of H-pyrrole nitrogens is 1. The second-order valence-corrected chi connectivity index (χ2v) is 6.66. The molecule has 0 aliphatic carbocycles. The van der Waals surface area contributed by atoms with Crippen LogP contribution in [0.5, 0.6) is 0 Å². The number of sulfonamides is 1. The summed E-state index contributed by atoms with van der Waals surface area (Å²) in [5.74, 6) is -0.928. The molecule has 2 aromatic rings. The molecule has 0 saturated carbocycles. The molecule has 2 amide bonds. The normalized spacial score (nSPS) is 10.9. The highest BCUT2D eigenvalue weighted by molar-refractivity contribution is 7.98. The van der Waals surface area contributed by atoms with Gasteiger partial charge < -0.3 is 4.74 Å². The molecule has 12 heteroatoms. The van der Waals surface area contributed by atoms with Crippen LogP contribution in [-0.2, 0) is 14.8 Å². The van der Waals surface area contributed by atoms with Gasteiger partial charge in [-0.2, -0.15) is 4.98 Å². The number of nitrogens with zero attached hydrogens (tertiary/aromatic N) is 2. The maximum Gasteiger partial charge on any atom is 0.339 e. The molecule has 2 rings (SSSR count). The number of aromatic amines is 1. The van der Waals surface area contributed by atoms with Crippen molar-refractivity contribution in [2.24, 2.45) is 0 Å². The number of amides is 2. The lowest BCUT2D eigenvalue weighted by molar-refractivity contribution is 0.0596. The van der Waals surface area contributed by atoms with Crippen LogP contribution in [0.1, 0.15) is 10.4 Å². The molecule has 1 heterocycles. The van der Waals surface area contributed by atoms with Gasteiger partial charge in [0.05, 0.1) is 12.7 Å². The van der Waals surface area contributed by atoms with Crippen LogP contribution in [0.15, 0.2) is 34.3 Å². The highest BCUT2D eigenvalue weighted by Crippen LogP contribution is 2.16. The molecule has 10 nitrogen and oxygen atoms in total. The summed E-state index contributed by atoms with van der Waals surface area (Å²) in [6, 6.07) is 4.28. The zero-order valence-corrected chi connectivity index (χ0v) is 14.2. The SMILES string of the molecule is COC(=O)c1ccccc1S(=O)(=O)NC(=O)Nc1n[nH]c(SC)n1. The number of esters is 1. The van der Waals surface area contributed by atoms with E-state index in [9.17, 15) is 18.0 Å². The van der Waals surface area contributed by atoms with Crippen LogP contribution in [0.25, 0.3) is 0 Å². The number of hydrogen-bond donors (Lipinski definition) is 3. The maximum absolute atomic E-state index is 12.3. The molecular formula is C12H13N5O5S2. The first-order chi connectivity index (χ1) is 11.4. The molecule has 0 spiro atoms. The first-order valence-electron chi connectivity index (χ1n) is 6.35. The van der Waals surface area contributed by atoms with Crippen LogP contribution in [0, 0.1) is 0 Å². The van der Waals surface area contributed by atoms with E-state index in [4.69, 9.17) is 0 Å². The molecule has 0 bridgehead atoms. The van der Waals surface area contributed by atoms with E-state index in [-0.39, 0.29) is 16.4 Å². The van der Waals surface area contributed by atoms with E-state index in [1.54, 1.807) is 11.0 Å². The predicted octanol–water partition coefficient (Wildman–Crippen LogP) is 0.824. The third-order valence-corrected chi connectivity index (χ3v) is 4.65. The molecule has 0 aliphatic heterocycles. The van der Waals surface area contributed by atoms with Crippen molar-refractivity contribution < 1.29 is 22.7 Å². The number of thioether (sulfide) groups is 1. The van der Waals surface area contributed by atoms with Crippen molar-refractivity contribution in [2.75, 3.05) is 18.7 Å². The summed E-state index contributed by atoms with van der Waals surface area (Å²) in [5.41, 5.74) is -0.192. The maximum atomic E-state index is 12.3. The zero-order valence-electron chi connectivity index (χ0n) is 12.6. The van der Waals surface area contributed by atoms with E-state index in [1.165, 1.54) is 36.0 Å². The summed E-state index contributed by atoms with van der Waals surface area (Å²) < 4.78 is 30.9. The number of aromatic nitrogens is 3. The van der Waals surface area contributed by atoms with Gasteiger partial charge in [-0.05, 0) is 18.4 Å². The molecule has 1 aromatic carbocycles. The number of carbonyl (C=O) groups is 2. The third-order valence-electron chi connectivity index (χ3n) is 2.69. The number of carbonyl (C=O) groups excluding carboxylic acids is 2. The summed E-state index contributed by atoms with van der Waals surface area (Å²) in [6.45, 7) is 0. The Labute approximate surface area is 141 Å². The Bertz CT molecular complexity index is 864. The molecule has 0 radical (unpaired) electrons. The molecule has 0 fully saturated rings. The molecule has 0 unspecified atom stereocenters. The minimum absolute atomic E-state index is 0.0895. The average molecular weight is 371 g/mol. The number of nitrogens with one attached hydrogen (secondary N) is 3. The fraction of sp³-hybridized carbons (Fsp3) is 0.167. The second kappa shape index (κ2) is 7.31. The van der Waals surface area contributed by atoms with Gasteiger partial charge in [-0.3, -0.25) is 10.4 Å². The van der Waals surface area contributed by atoms with Crippen LogP contribution in [0.2, 0.25) is 0 Å². The van der Waals surface area contributed by atoms with Crippen molar-refractivity contribution in [2.45, 2.75) is 10.1 Å². The largest absolute Gasteiger partial charge is 0.465 e. The number of ether oxygens (including phenoxy) is 1. The van der Waals surface area contributed by atoms with Crippen LogP contribution in [0.4, 0.5) is 10.7 Å². The highest BCUT2D eigenvalue weighted by Gasteiger charge is 2.25. The van der Waals surface area contributed by atoms with Crippen molar-refractivity contribution in [1.29, 1.82) is 0 Å².